The summed E-state index contributed by atoms with van der Waals surface area (Å²) in [7, 11) is 0. The van der Waals surface area contributed by atoms with E-state index in [0.29, 0.717) is 16.3 Å². The summed E-state index contributed by atoms with van der Waals surface area (Å²) in [6, 6.07) is 18.1. The Morgan fingerprint density at radius 2 is 1.85 bits per heavy atom. The van der Waals surface area contributed by atoms with Gasteiger partial charge in [0.1, 0.15) is 11.1 Å². The minimum Gasteiger partial charge on any atom is -0.448 e. The molecule has 0 saturated heterocycles. The van der Waals surface area contributed by atoms with Gasteiger partial charge in [-0.2, -0.15) is 5.26 Å². The largest absolute Gasteiger partial charge is 0.448 e. The zero-order chi connectivity index (χ0) is 19.2. The number of aromatic nitrogens is 1. The summed E-state index contributed by atoms with van der Waals surface area (Å²) in [5.41, 5.74) is 1.75. The number of rotatable bonds is 5. The number of esters is 1. The number of benzene rings is 2. The van der Waals surface area contributed by atoms with Crippen molar-refractivity contribution >= 4 is 28.9 Å². The molecule has 0 aliphatic carbocycles. The fraction of sp³-hybridized carbons (Fsp3) is 0.100. The van der Waals surface area contributed by atoms with E-state index in [1.54, 1.807) is 29.6 Å². The summed E-state index contributed by atoms with van der Waals surface area (Å²) in [4.78, 5) is 28.8. The predicted molar refractivity (Wildman–Crippen MR) is 102 cm³/mol. The number of nitriles is 1. The number of carbonyl (C=O) groups is 2. The summed E-state index contributed by atoms with van der Waals surface area (Å²) >= 11 is 1.33. The lowest BCUT2D eigenvalue weighted by Crippen LogP contribution is -2.30. The van der Waals surface area contributed by atoms with Crippen LogP contribution in [0.4, 0.5) is 5.69 Å². The van der Waals surface area contributed by atoms with Gasteiger partial charge in [0.15, 0.2) is 11.8 Å². The van der Waals surface area contributed by atoms with Crippen LogP contribution in [0.25, 0.3) is 10.6 Å². The van der Waals surface area contributed by atoms with Crippen molar-refractivity contribution < 1.29 is 14.3 Å². The molecule has 0 aliphatic heterocycles. The molecule has 3 rings (SSSR count). The number of carbonyl (C=O) groups excluding carboxylic acids is 2. The second-order valence-corrected chi connectivity index (χ2v) is 6.46. The van der Waals surface area contributed by atoms with Gasteiger partial charge in [-0.15, -0.1) is 11.3 Å². The average molecular weight is 377 g/mol. The lowest BCUT2D eigenvalue weighted by molar-refractivity contribution is -0.123. The lowest BCUT2D eigenvalue weighted by atomic mass is 10.2. The van der Waals surface area contributed by atoms with Crippen LogP contribution in [0.15, 0.2) is 60.0 Å². The third-order valence-corrected chi connectivity index (χ3v) is 4.58. The van der Waals surface area contributed by atoms with E-state index >= 15 is 0 Å². The van der Waals surface area contributed by atoms with Crippen molar-refractivity contribution in [3.05, 3.63) is 71.2 Å². The van der Waals surface area contributed by atoms with Gasteiger partial charge in [-0.25, -0.2) is 9.78 Å². The number of nitrogens with zero attached hydrogens (tertiary/aromatic N) is 2. The number of nitrogens with one attached hydrogen (secondary N) is 1. The van der Waals surface area contributed by atoms with E-state index < -0.39 is 18.0 Å². The number of amides is 1. The minimum atomic E-state index is -1.04. The van der Waals surface area contributed by atoms with Crippen molar-refractivity contribution in [3.63, 3.8) is 0 Å². The number of ether oxygens (including phenoxy) is 1. The molecule has 1 aromatic heterocycles. The Kier molecular flexibility index (Phi) is 5.59. The van der Waals surface area contributed by atoms with Crippen molar-refractivity contribution in [3.8, 4) is 16.6 Å². The van der Waals surface area contributed by atoms with Crippen LogP contribution in [0.1, 0.15) is 23.0 Å². The molecule has 0 saturated carbocycles. The standard InChI is InChI=1S/C20H15N3O3S/c1-13(18(24)22-16-10-6-5-9-15(16)11-21)26-20(25)17-12-27-19(23-17)14-7-3-2-4-8-14/h2-10,12-13H,1H3,(H,22,24)/t13-/m1/s1. The maximum atomic E-state index is 12.3. The summed E-state index contributed by atoms with van der Waals surface area (Å²) in [5, 5.41) is 14.0. The molecule has 134 valence electrons. The summed E-state index contributed by atoms with van der Waals surface area (Å²) < 4.78 is 5.20. The third-order valence-electron chi connectivity index (χ3n) is 3.69. The number of thiazole rings is 1. The van der Waals surface area contributed by atoms with E-state index in [4.69, 9.17) is 10.00 Å². The van der Waals surface area contributed by atoms with Gasteiger partial charge in [0.2, 0.25) is 0 Å². The Hall–Kier alpha value is -3.50. The van der Waals surface area contributed by atoms with E-state index in [-0.39, 0.29) is 5.69 Å². The molecule has 0 unspecified atom stereocenters. The minimum absolute atomic E-state index is 0.149. The molecular formula is C20H15N3O3S. The first-order chi connectivity index (χ1) is 13.1. The quantitative estimate of drug-likeness (QED) is 0.682. The van der Waals surface area contributed by atoms with E-state index in [2.05, 4.69) is 10.3 Å². The maximum Gasteiger partial charge on any atom is 0.358 e. The molecule has 0 spiro atoms. The zero-order valence-electron chi connectivity index (χ0n) is 14.4. The molecule has 0 fully saturated rings. The highest BCUT2D eigenvalue weighted by Gasteiger charge is 2.21. The first-order valence-corrected chi connectivity index (χ1v) is 8.98. The van der Waals surface area contributed by atoms with Crippen LogP contribution in [-0.2, 0) is 9.53 Å². The summed E-state index contributed by atoms with van der Waals surface area (Å²) in [6.07, 6.45) is -1.04. The second kappa shape index (κ2) is 8.25. The van der Waals surface area contributed by atoms with Crippen molar-refractivity contribution in [2.24, 2.45) is 0 Å². The molecule has 3 aromatic rings. The van der Waals surface area contributed by atoms with Crippen LogP contribution < -0.4 is 5.32 Å². The van der Waals surface area contributed by atoms with Crippen LogP contribution >= 0.6 is 11.3 Å². The van der Waals surface area contributed by atoms with E-state index in [0.717, 1.165) is 5.56 Å². The molecule has 7 heteroatoms. The van der Waals surface area contributed by atoms with Crippen molar-refractivity contribution in [2.45, 2.75) is 13.0 Å². The van der Waals surface area contributed by atoms with E-state index in [1.807, 2.05) is 36.4 Å². The number of hydrogen-bond acceptors (Lipinski definition) is 6. The molecule has 1 heterocycles. The summed E-state index contributed by atoms with van der Waals surface area (Å²) in [5.74, 6) is -1.20. The molecule has 1 amide bonds. The number of hydrogen-bond donors (Lipinski definition) is 1. The van der Waals surface area contributed by atoms with Crippen LogP contribution in [0, 0.1) is 11.3 Å². The van der Waals surface area contributed by atoms with Crippen LogP contribution in [-0.4, -0.2) is 23.0 Å². The number of para-hydroxylation sites is 1. The third kappa shape index (κ3) is 4.37. The maximum absolute atomic E-state index is 12.3. The van der Waals surface area contributed by atoms with Gasteiger partial charge in [0.05, 0.1) is 11.3 Å². The topological polar surface area (TPSA) is 92.1 Å². The molecule has 0 bridgehead atoms. The Labute approximate surface area is 160 Å². The molecule has 6 nitrogen and oxygen atoms in total. The number of anilines is 1. The molecule has 0 radical (unpaired) electrons. The normalized spacial score (nSPS) is 11.3. The van der Waals surface area contributed by atoms with Crippen molar-refractivity contribution in [1.29, 1.82) is 5.26 Å². The predicted octanol–water partition coefficient (Wildman–Crippen LogP) is 3.87. The fourth-order valence-corrected chi connectivity index (χ4v) is 3.07. The first kappa shape index (κ1) is 18.3. The highest BCUT2D eigenvalue weighted by atomic mass is 32.1. The molecule has 2 aromatic carbocycles. The smallest absolute Gasteiger partial charge is 0.358 e. The zero-order valence-corrected chi connectivity index (χ0v) is 15.2. The highest BCUT2D eigenvalue weighted by Crippen LogP contribution is 2.24. The van der Waals surface area contributed by atoms with Gasteiger partial charge >= 0.3 is 5.97 Å². The molecule has 1 N–H and O–H groups in total. The van der Waals surface area contributed by atoms with Gasteiger partial charge in [0, 0.05) is 10.9 Å². The summed E-state index contributed by atoms with van der Waals surface area (Å²) in [6.45, 7) is 1.46. The van der Waals surface area contributed by atoms with Gasteiger partial charge in [-0.1, -0.05) is 42.5 Å². The lowest BCUT2D eigenvalue weighted by Gasteiger charge is -2.13. The van der Waals surface area contributed by atoms with Crippen molar-refractivity contribution in [1.82, 2.24) is 4.98 Å². The van der Waals surface area contributed by atoms with Gasteiger partial charge < -0.3 is 10.1 Å². The van der Waals surface area contributed by atoms with Gasteiger partial charge in [0.25, 0.3) is 5.91 Å². The van der Waals surface area contributed by atoms with Gasteiger partial charge in [-0.3, -0.25) is 4.79 Å². The Morgan fingerprint density at radius 1 is 1.15 bits per heavy atom. The van der Waals surface area contributed by atoms with E-state index in [9.17, 15) is 9.59 Å². The second-order valence-electron chi connectivity index (χ2n) is 5.60. The average Bonchev–Trinajstić information content (AvgIpc) is 3.19. The van der Waals surface area contributed by atoms with E-state index in [1.165, 1.54) is 18.3 Å². The highest BCUT2D eigenvalue weighted by molar-refractivity contribution is 7.13. The fourth-order valence-electron chi connectivity index (χ4n) is 2.28. The first-order valence-electron chi connectivity index (χ1n) is 8.10. The molecule has 27 heavy (non-hydrogen) atoms. The Bertz CT molecular complexity index is 1010. The SMILES string of the molecule is C[C@@H](OC(=O)c1csc(-c2ccccc2)n1)C(=O)Nc1ccccc1C#N. The van der Waals surface area contributed by atoms with Crippen LogP contribution in [0.2, 0.25) is 0 Å². The Balaban J connectivity index is 1.65. The molecular weight excluding hydrogens is 362 g/mol. The van der Waals surface area contributed by atoms with Crippen molar-refractivity contribution in [2.75, 3.05) is 5.32 Å². The molecule has 1 atom stereocenters. The monoisotopic (exact) mass is 377 g/mol. The van der Waals surface area contributed by atoms with Crippen LogP contribution in [0.5, 0.6) is 0 Å². The Morgan fingerprint density at radius 3 is 2.59 bits per heavy atom. The van der Waals surface area contributed by atoms with Crippen LogP contribution in [0.3, 0.4) is 0 Å². The molecule has 0 aliphatic rings. The van der Waals surface area contributed by atoms with Gasteiger partial charge in [-0.05, 0) is 19.1 Å².